The first kappa shape index (κ1) is 15.9. The van der Waals surface area contributed by atoms with E-state index in [1.807, 2.05) is 30.3 Å². The second-order valence-corrected chi connectivity index (χ2v) is 4.35. The molecule has 0 aliphatic rings. The number of benzene rings is 1. The minimum absolute atomic E-state index is 0.0748. The number of ether oxygens (including phenoxy) is 2. The Kier molecular flexibility index (Phi) is 6.43. The first-order valence-electron chi connectivity index (χ1n) is 6.43. The van der Waals surface area contributed by atoms with Gasteiger partial charge < -0.3 is 14.3 Å². The normalized spacial score (nSPS) is 13.1. The molecule has 0 aliphatic carbocycles. The van der Waals surface area contributed by atoms with E-state index in [1.165, 1.54) is 6.92 Å². The summed E-state index contributed by atoms with van der Waals surface area (Å²) in [5.41, 5.74) is 0.820. The van der Waals surface area contributed by atoms with Crippen LogP contribution >= 0.6 is 0 Å². The van der Waals surface area contributed by atoms with Gasteiger partial charge in [-0.2, -0.15) is 0 Å². The monoisotopic (exact) mass is 278 g/mol. The molecule has 0 fully saturated rings. The Balaban J connectivity index is 2.63. The van der Waals surface area contributed by atoms with Gasteiger partial charge in [0, 0.05) is 6.42 Å². The first-order valence-corrected chi connectivity index (χ1v) is 6.43. The Labute approximate surface area is 117 Å². The summed E-state index contributed by atoms with van der Waals surface area (Å²) in [4.78, 5) is 34.0. The summed E-state index contributed by atoms with van der Waals surface area (Å²) in [6.45, 7) is 3.19. The maximum absolute atomic E-state index is 11.9. The molecule has 0 bridgehead atoms. The second kappa shape index (κ2) is 8.09. The van der Waals surface area contributed by atoms with Gasteiger partial charge in [-0.25, -0.2) is 4.79 Å². The topological polar surface area (TPSA) is 69.7 Å². The number of aldehydes is 1. The van der Waals surface area contributed by atoms with Crippen LogP contribution in [0.3, 0.4) is 0 Å². The predicted octanol–water partition coefficient (Wildman–Crippen LogP) is 1.89. The lowest BCUT2D eigenvalue weighted by Crippen LogP contribution is -2.35. The van der Waals surface area contributed by atoms with E-state index in [4.69, 9.17) is 9.47 Å². The second-order valence-electron chi connectivity index (χ2n) is 4.35. The molecule has 2 atom stereocenters. The Morgan fingerprint density at radius 2 is 1.90 bits per heavy atom. The van der Waals surface area contributed by atoms with Crippen LogP contribution in [0, 0.1) is 5.92 Å². The highest BCUT2D eigenvalue weighted by atomic mass is 16.6. The smallest absolute Gasteiger partial charge is 0.348 e. The SMILES string of the molecule is CCC(=O)OC(C(=O)OCc1ccccc1)C(C)C=O. The van der Waals surface area contributed by atoms with E-state index in [1.54, 1.807) is 6.92 Å². The molecule has 0 aromatic heterocycles. The molecule has 0 radical (unpaired) electrons. The average Bonchev–Trinajstić information content (AvgIpc) is 2.50. The fourth-order valence-electron chi connectivity index (χ4n) is 1.48. The van der Waals surface area contributed by atoms with Crippen molar-refractivity contribution in [3.8, 4) is 0 Å². The summed E-state index contributed by atoms with van der Waals surface area (Å²) in [6.07, 6.45) is -0.491. The van der Waals surface area contributed by atoms with Gasteiger partial charge in [0.05, 0.1) is 5.92 Å². The molecule has 5 heteroatoms. The van der Waals surface area contributed by atoms with E-state index in [0.29, 0.717) is 6.29 Å². The fraction of sp³-hybridized carbons (Fsp3) is 0.400. The number of hydrogen-bond acceptors (Lipinski definition) is 5. The van der Waals surface area contributed by atoms with Crippen LogP contribution in [0.4, 0.5) is 0 Å². The highest BCUT2D eigenvalue weighted by molar-refractivity contribution is 5.82. The van der Waals surface area contributed by atoms with Gasteiger partial charge in [-0.1, -0.05) is 44.2 Å². The molecule has 0 aliphatic heterocycles. The average molecular weight is 278 g/mol. The third-order valence-corrected chi connectivity index (χ3v) is 2.70. The van der Waals surface area contributed by atoms with Gasteiger partial charge in [0.1, 0.15) is 12.9 Å². The molecule has 20 heavy (non-hydrogen) atoms. The van der Waals surface area contributed by atoms with E-state index in [-0.39, 0.29) is 13.0 Å². The van der Waals surface area contributed by atoms with Gasteiger partial charge in [-0.15, -0.1) is 0 Å². The highest BCUT2D eigenvalue weighted by Gasteiger charge is 2.30. The lowest BCUT2D eigenvalue weighted by atomic mass is 10.1. The molecular weight excluding hydrogens is 260 g/mol. The number of hydrogen-bond donors (Lipinski definition) is 0. The van der Waals surface area contributed by atoms with Gasteiger partial charge in [-0.05, 0) is 5.56 Å². The van der Waals surface area contributed by atoms with Crippen LogP contribution in [0.25, 0.3) is 0 Å². The lowest BCUT2D eigenvalue weighted by molar-refractivity contribution is -0.172. The summed E-state index contributed by atoms with van der Waals surface area (Å²) in [5.74, 6) is -2.00. The first-order chi connectivity index (χ1) is 9.58. The van der Waals surface area contributed by atoms with E-state index in [9.17, 15) is 14.4 Å². The Bertz CT molecular complexity index is 455. The summed E-state index contributed by atoms with van der Waals surface area (Å²) in [6, 6.07) is 9.12. The van der Waals surface area contributed by atoms with Crippen molar-refractivity contribution in [2.24, 2.45) is 5.92 Å². The van der Waals surface area contributed by atoms with E-state index < -0.39 is 24.0 Å². The van der Waals surface area contributed by atoms with Gasteiger partial charge in [0.2, 0.25) is 6.10 Å². The lowest BCUT2D eigenvalue weighted by Gasteiger charge is -2.18. The molecule has 1 rings (SSSR count). The number of rotatable bonds is 7. The Hall–Kier alpha value is -2.17. The van der Waals surface area contributed by atoms with Crippen LogP contribution in [0.1, 0.15) is 25.8 Å². The van der Waals surface area contributed by atoms with Crippen LogP contribution in [0.2, 0.25) is 0 Å². The van der Waals surface area contributed by atoms with Crippen molar-refractivity contribution in [2.45, 2.75) is 33.0 Å². The molecule has 0 N–H and O–H groups in total. The van der Waals surface area contributed by atoms with Crippen LogP contribution in [-0.4, -0.2) is 24.3 Å². The van der Waals surface area contributed by atoms with Crippen molar-refractivity contribution in [1.82, 2.24) is 0 Å². The molecule has 1 aromatic rings. The maximum atomic E-state index is 11.9. The van der Waals surface area contributed by atoms with Gasteiger partial charge in [0.25, 0.3) is 0 Å². The highest BCUT2D eigenvalue weighted by Crippen LogP contribution is 2.11. The maximum Gasteiger partial charge on any atom is 0.348 e. The van der Waals surface area contributed by atoms with Crippen LogP contribution < -0.4 is 0 Å². The molecule has 1 aromatic carbocycles. The minimum Gasteiger partial charge on any atom is -0.458 e. The summed E-state index contributed by atoms with van der Waals surface area (Å²) in [5, 5.41) is 0. The molecule has 0 heterocycles. The molecule has 0 saturated carbocycles. The number of carbonyl (C=O) groups is 3. The summed E-state index contributed by atoms with van der Waals surface area (Å²) in [7, 11) is 0. The number of carbonyl (C=O) groups excluding carboxylic acids is 3. The van der Waals surface area contributed by atoms with E-state index in [0.717, 1.165) is 5.56 Å². The third-order valence-electron chi connectivity index (χ3n) is 2.70. The van der Waals surface area contributed by atoms with E-state index in [2.05, 4.69) is 0 Å². The zero-order valence-electron chi connectivity index (χ0n) is 11.6. The molecule has 0 amide bonds. The van der Waals surface area contributed by atoms with Crippen molar-refractivity contribution in [3.63, 3.8) is 0 Å². The summed E-state index contributed by atoms with van der Waals surface area (Å²) < 4.78 is 10.0. The Morgan fingerprint density at radius 3 is 2.45 bits per heavy atom. The van der Waals surface area contributed by atoms with Crippen LogP contribution in [0.15, 0.2) is 30.3 Å². The molecule has 0 saturated heterocycles. The third kappa shape index (κ3) is 4.84. The molecule has 2 unspecified atom stereocenters. The van der Waals surface area contributed by atoms with Crippen molar-refractivity contribution >= 4 is 18.2 Å². The van der Waals surface area contributed by atoms with Crippen LogP contribution in [-0.2, 0) is 30.5 Å². The zero-order chi connectivity index (χ0) is 15.0. The van der Waals surface area contributed by atoms with Gasteiger partial charge in [0.15, 0.2) is 0 Å². The number of esters is 2. The van der Waals surface area contributed by atoms with Crippen molar-refractivity contribution in [2.75, 3.05) is 0 Å². The molecule has 0 spiro atoms. The quantitative estimate of drug-likeness (QED) is 0.562. The van der Waals surface area contributed by atoms with Gasteiger partial charge >= 0.3 is 11.9 Å². The van der Waals surface area contributed by atoms with Crippen molar-refractivity contribution in [1.29, 1.82) is 0 Å². The van der Waals surface area contributed by atoms with Crippen molar-refractivity contribution < 1.29 is 23.9 Å². The fourth-order valence-corrected chi connectivity index (χ4v) is 1.48. The van der Waals surface area contributed by atoms with E-state index >= 15 is 0 Å². The largest absolute Gasteiger partial charge is 0.458 e. The molecule has 5 nitrogen and oxygen atoms in total. The molecular formula is C15H18O5. The zero-order valence-corrected chi connectivity index (χ0v) is 11.6. The Morgan fingerprint density at radius 1 is 1.25 bits per heavy atom. The minimum atomic E-state index is -1.19. The standard InChI is InChI=1S/C15H18O5/c1-3-13(17)20-14(11(2)9-16)15(18)19-10-12-7-5-4-6-8-12/h4-9,11,14H,3,10H2,1-2H3. The summed E-state index contributed by atoms with van der Waals surface area (Å²) >= 11 is 0. The van der Waals surface area contributed by atoms with Gasteiger partial charge in [-0.3, -0.25) is 4.79 Å². The van der Waals surface area contributed by atoms with Crippen LogP contribution in [0.5, 0.6) is 0 Å². The molecule has 108 valence electrons. The predicted molar refractivity (Wildman–Crippen MR) is 71.6 cm³/mol. The van der Waals surface area contributed by atoms with Crippen molar-refractivity contribution in [3.05, 3.63) is 35.9 Å².